The molecule has 0 unspecified atom stereocenters. The van der Waals surface area contributed by atoms with Gasteiger partial charge in [-0.25, -0.2) is 0 Å². The fourth-order valence-electron chi connectivity index (χ4n) is 0.777. The number of rotatable bonds is 3. The van der Waals surface area contributed by atoms with Crippen molar-refractivity contribution in [1.82, 2.24) is 9.97 Å². The molecule has 1 radical (unpaired) electrons. The molecule has 1 rings (SSSR count). The molecule has 0 N–H and O–H groups in total. The molecule has 1 aromatic heterocycles. The number of nitrogens with zero attached hydrogens (tertiary/aromatic N) is 2. The zero-order valence-corrected chi connectivity index (χ0v) is 6.17. The number of hydrogen-bond acceptors (Lipinski definition) is 2. The van der Waals surface area contributed by atoms with Gasteiger partial charge in [0.1, 0.15) is 6.20 Å². The molecule has 2 nitrogen and oxygen atoms in total. The van der Waals surface area contributed by atoms with Gasteiger partial charge in [-0.05, 0) is 12.8 Å². The number of aryl methyl sites for hydroxylation is 1. The highest BCUT2D eigenvalue weighted by Gasteiger charge is 1.90. The molecule has 0 fully saturated rings. The molecule has 0 bridgehead atoms. The Kier molecular flexibility index (Phi) is 2.87. The van der Waals surface area contributed by atoms with Gasteiger partial charge in [-0.2, -0.15) is 0 Å². The molecular formula is C8H11N2. The predicted molar refractivity (Wildman–Crippen MR) is 39.5 cm³/mol. The molecule has 0 saturated heterocycles. The third-order valence-corrected chi connectivity index (χ3v) is 1.36. The Hall–Kier alpha value is -0.920. The van der Waals surface area contributed by atoms with Crippen LogP contribution in [0.3, 0.4) is 0 Å². The molecule has 2 heteroatoms. The molecule has 0 atom stereocenters. The first-order chi connectivity index (χ1) is 4.93. The Labute approximate surface area is 61.3 Å². The van der Waals surface area contributed by atoms with Gasteiger partial charge in [-0.15, -0.1) is 0 Å². The van der Waals surface area contributed by atoms with Crippen LogP contribution in [-0.4, -0.2) is 9.97 Å². The first-order valence-corrected chi connectivity index (χ1v) is 3.60. The number of unbranched alkanes of at least 4 members (excludes halogenated alkanes) is 1. The summed E-state index contributed by atoms with van der Waals surface area (Å²) in [6.07, 6.45) is 9.48. The first-order valence-electron chi connectivity index (χ1n) is 3.60. The molecular weight excluding hydrogens is 124 g/mol. The van der Waals surface area contributed by atoms with E-state index in [-0.39, 0.29) is 0 Å². The summed E-state index contributed by atoms with van der Waals surface area (Å²) >= 11 is 0. The number of hydrogen-bond donors (Lipinski definition) is 0. The van der Waals surface area contributed by atoms with Gasteiger partial charge in [0.15, 0.2) is 0 Å². The molecule has 1 heterocycles. The van der Waals surface area contributed by atoms with Crippen LogP contribution in [0.25, 0.3) is 0 Å². The molecule has 10 heavy (non-hydrogen) atoms. The summed E-state index contributed by atoms with van der Waals surface area (Å²) in [5, 5.41) is 0. The first kappa shape index (κ1) is 7.19. The van der Waals surface area contributed by atoms with Crippen LogP contribution >= 0.6 is 0 Å². The fraction of sp³-hybridized carbons (Fsp3) is 0.500. The van der Waals surface area contributed by atoms with E-state index in [9.17, 15) is 0 Å². The average molecular weight is 135 g/mol. The van der Waals surface area contributed by atoms with E-state index in [4.69, 9.17) is 0 Å². The van der Waals surface area contributed by atoms with Gasteiger partial charge in [0, 0.05) is 6.20 Å². The summed E-state index contributed by atoms with van der Waals surface area (Å²) in [6, 6.07) is 0. The highest BCUT2D eigenvalue weighted by atomic mass is 14.8. The van der Waals surface area contributed by atoms with Gasteiger partial charge in [-0.3, -0.25) is 9.97 Å². The zero-order chi connectivity index (χ0) is 7.23. The van der Waals surface area contributed by atoms with Crippen LogP contribution in [0, 0.1) is 6.20 Å². The Morgan fingerprint density at radius 1 is 1.60 bits per heavy atom. The van der Waals surface area contributed by atoms with Crippen LogP contribution in [0.15, 0.2) is 12.4 Å². The summed E-state index contributed by atoms with van der Waals surface area (Å²) in [5.41, 5.74) is 1.07. The van der Waals surface area contributed by atoms with Crippen molar-refractivity contribution in [3.63, 3.8) is 0 Å². The Bertz CT molecular complexity index is 172. The van der Waals surface area contributed by atoms with Crippen molar-refractivity contribution in [3.05, 3.63) is 24.3 Å². The SMILES string of the molecule is CCCCc1cn[c]cn1. The van der Waals surface area contributed by atoms with Crippen molar-refractivity contribution in [2.75, 3.05) is 0 Å². The van der Waals surface area contributed by atoms with E-state index in [1.54, 1.807) is 12.4 Å². The monoisotopic (exact) mass is 135 g/mol. The molecule has 0 saturated carbocycles. The summed E-state index contributed by atoms with van der Waals surface area (Å²) < 4.78 is 0. The van der Waals surface area contributed by atoms with Crippen LogP contribution in [0.2, 0.25) is 0 Å². The van der Waals surface area contributed by atoms with Gasteiger partial charge in [0.2, 0.25) is 0 Å². The predicted octanol–water partition coefficient (Wildman–Crippen LogP) is 1.62. The van der Waals surface area contributed by atoms with Crippen LogP contribution in [0.4, 0.5) is 0 Å². The zero-order valence-electron chi connectivity index (χ0n) is 6.17. The van der Waals surface area contributed by atoms with Crippen LogP contribution in [0.5, 0.6) is 0 Å². The highest BCUT2D eigenvalue weighted by Crippen LogP contribution is 1.97. The van der Waals surface area contributed by atoms with Gasteiger partial charge < -0.3 is 0 Å². The standard InChI is InChI=1S/C8H11N2/c1-2-3-4-8-7-9-5-6-10-8/h6-7H,2-4H2,1H3. The molecule has 0 aromatic carbocycles. The molecule has 53 valence electrons. The molecule has 0 aliphatic heterocycles. The quantitative estimate of drug-likeness (QED) is 0.629. The Balaban J connectivity index is 2.43. The summed E-state index contributed by atoms with van der Waals surface area (Å²) in [5.74, 6) is 0. The summed E-state index contributed by atoms with van der Waals surface area (Å²) in [7, 11) is 0. The second kappa shape index (κ2) is 3.99. The normalized spacial score (nSPS) is 9.70. The lowest BCUT2D eigenvalue weighted by Gasteiger charge is -1.94. The van der Waals surface area contributed by atoms with E-state index >= 15 is 0 Å². The minimum atomic E-state index is 1.04. The smallest absolute Gasteiger partial charge is 0.108 e. The number of aromatic nitrogens is 2. The average Bonchev–Trinajstić information content (AvgIpc) is 2.03. The minimum Gasteiger partial charge on any atom is -0.257 e. The molecule has 0 aliphatic rings. The van der Waals surface area contributed by atoms with E-state index in [0.717, 1.165) is 12.1 Å². The Morgan fingerprint density at radius 3 is 3.10 bits per heavy atom. The van der Waals surface area contributed by atoms with E-state index in [2.05, 4.69) is 23.1 Å². The van der Waals surface area contributed by atoms with Crippen LogP contribution in [0.1, 0.15) is 25.5 Å². The molecule has 0 spiro atoms. The van der Waals surface area contributed by atoms with Crippen molar-refractivity contribution >= 4 is 0 Å². The van der Waals surface area contributed by atoms with Gasteiger partial charge in [0.05, 0.1) is 11.9 Å². The topological polar surface area (TPSA) is 25.8 Å². The maximum Gasteiger partial charge on any atom is 0.108 e. The summed E-state index contributed by atoms with van der Waals surface area (Å²) in [6.45, 7) is 2.17. The van der Waals surface area contributed by atoms with Crippen molar-refractivity contribution in [1.29, 1.82) is 0 Å². The third kappa shape index (κ3) is 2.13. The minimum absolute atomic E-state index is 1.04. The third-order valence-electron chi connectivity index (χ3n) is 1.36. The van der Waals surface area contributed by atoms with Crippen molar-refractivity contribution in [3.8, 4) is 0 Å². The van der Waals surface area contributed by atoms with Gasteiger partial charge in [0.25, 0.3) is 0 Å². The Morgan fingerprint density at radius 2 is 2.50 bits per heavy atom. The van der Waals surface area contributed by atoms with Gasteiger partial charge >= 0.3 is 0 Å². The lowest BCUT2D eigenvalue weighted by molar-refractivity contribution is 0.771. The fourth-order valence-corrected chi connectivity index (χ4v) is 0.777. The maximum absolute atomic E-state index is 4.10. The van der Waals surface area contributed by atoms with Crippen molar-refractivity contribution in [2.24, 2.45) is 0 Å². The van der Waals surface area contributed by atoms with Crippen LogP contribution in [-0.2, 0) is 6.42 Å². The van der Waals surface area contributed by atoms with E-state index in [1.807, 2.05) is 0 Å². The lowest BCUT2D eigenvalue weighted by Crippen LogP contribution is -1.89. The maximum atomic E-state index is 4.10. The van der Waals surface area contributed by atoms with E-state index in [0.29, 0.717) is 0 Å². The molecule has 1 aromatic rings. The largest absolute Gasteiger partial charge is 0.257 e. The molecule has 0 aliphatic carbocycles. The van der Waals surface area contributed by atoms with E-state index < -0.39 is 0 Å². The van der Waals surface area contributed by atoms with E-state index in [1.165, 1.54) is 12.8 Å². The van der Waals surface area contributed by atoms with Crippen molar-refractivity contribution < 1.29 is 0 Å². The second-order valence-electron chi connectivity index (χ2n) is 2.24. The second-order valence-corrected chi connectivity index (χ2v) is 2.24. The van der Waals surface area contributed by atoms with Crippen molar-refractivity contribution in [2.45, 2.75) is 26.2 Å². The van der Waals surface area contributed by atoms with Gasteiger partial charge in [-0.1, -0.05) is 13.3 Å². The summed E-state index contributed by atoms with van der Waals surface area (Å²) in [4.78, 5) is 7.95. The lowest BCUT2D eigenvalue weighted by atomic mass is 10.2. The molecule has 0 amide bonds. The van der Waals surface area contributed by atoms with Crippen LogP contribution < -0.4 is 0 Å². The highest BCUT2D eigenvalue weighted by molar-refractivity contribution is 4.93.